The van der Waals surface area contributed by atoms with Crippen molar-refractivity contribution in [3.63, 3.8) is 0 Å². The van der Waals surface area contributed by atoms with Gasteiger partial charge in [0.05, 0.1) is 6.54 Å². The van der Waals surface area contributed by atoms with Gasteiger partial charge in [0.2, 0.25) is 5.91 Å². The van der Waals surface area contributed by atoms with Gasteiger partial charge < -0.3 is 10.4 Å². The molecule has 0 saturated carbocycles. The Morgan fingerprint density at radius 2 is 1.52 bits per heavy atom. The number of carbonyl (C=O) groups excluding carboxylic acids is 1. The summed E-state index contributed by atoms with van der Waals surface area (Å²) in [4.78, 5) is 14.7. The summed E-state index contributed by atoms with van der Waals surface area (Å²) in [6.07, 6.45) is 1.65. The van der Waals surface area contributed by atoms with E-state index in [1.54, 1.807) is 0 Å². The molecule has 1 aliphatic rings. The van der Waals surface area contributed by atoms with Crippen molar-refractivity contribution in [3.05, 3.63) is 101 Å². The lowest BCUT2D eigenvalue weighted by Gasteiger charge is -2.42. The van der Waals surface area contributed by atoms with Crippen LogP contribution in [-0.4, -0.2) is 35.5 Å². The fourth-order valence-electron chi connectivity index (χ4n) is 4.50. The summed E-state index contributed by atoms with van der Waals surface area (Å²) in [5.41, 5.74) is 1.60. The molecule has 4 nitrogen and oxygen atoms in total. The molecule has 0 aromatic heterocycles. The van der Waals surface area contributed by atoms with Crippen LogP contribution in [0.1, 0.15) is 24.0 Å². The molecule has 0 aliphatic carbocycles. The first kappa shape index (κ1) is 21.8. The van der Waals surface area contributed by atoms with E-state index in [0.717, 1.165) is 47.2 Å². The molecule has 1 amide bonds. The molecule has 31 heavy (non-hydrogen) atoms. The molecule has 3 aromatic carbocycles. The number of hydrogen-bond donors (Lipinski definition) is 2. The van der Waals surface area contributed by atoms with Gasteiger partial charge in [-0.2, -0.15) is 0 Å². The highest BCUT2D eigenvalue weighted by Gasteiger charge is 2.41. The Hall–Kier alpha value is -2.47. The minimum absolute atomic E-state index is 0.0158. The van der Waals surface area contributed by atoms with Crippen LogP contribution < -0.4 is 5.32 Å². The van der Waals surface area contributed by atoms with Crippen molar-refractivity contribution in [1.29, 1.82) is 0 Å². The monoisotopic (exact) mass is 478 g/mol. The number of benzene rings is 3. The maximum Gasteiger partial charge on any atom is 0.238 e. The van der Waals surface area contributed by atoms with Crippen molar-refractivity contribution in [1.82, 2.24) is 4.90 Å². The molecule has 1 aliphatic heterocycles. The van der Waals surface area contributed by atoms with Crippen molar-refractivity contribution >= 4 is 27.5 Å². The maximum atomic E-state index is 12.5. The summed E-state index contributed by atoms with van der Waals surface area (Å²) >= 11 is 3.43. The van der Waals surface area contributed by atoms with Crippen LogP contribution in [0.5, 0.6) is 0 Å². The number of piperidine rings is 1. The number of rotatable bonds is 6. The van der Waals surface area contributed by atoms with Crippen molar-refractivity contribution in [3.8, 4) is 0 Å². The zero-order valence-electron chi connectivity index (χ0n) is 17.4. The van der Waals surface area contributed by atoms with Crippen LogP contribution in [-0.2, 0) is 10.4 Å². The number of nitrogens with one attached hydrogen (secondary N) is 1. The molecule has 3 aromatic rings. The van der Waals surface area contributed by atoms with E-state index in [1.165, 1.54) is 0 Å². The molecule has 1 heterocycles. The molecule has 1 fully saturated rings. The lowest BCUT2D eigenvalue weighted by molar-refractivity contribution is -0.118. The third-order valence-corrected chi connectivity index (χ3v) is 6.58. The summed E-state index contributed by atoms with van der Waals surface area (Å²) in [7, 11) is 0. The highest BCUT2D eigenvalue weighted by Crippen LogP contribution is 2.41. The van der Waals surface area contributed by atoms with E-state index in [9.17, 15) is 9.90 Å². The minimum Gasteiger partial charge on any atom is -0.380 e. The van der Waals surface area contributed by atoms with E-state index >= 15 is 0 Å². The topological polar surface area (TPSA) is 52.6 Å². The van der Waals surface area contributed by atoms with Crippen molar-refractivity contribution in [2.75, 3.05) is 25.0 Å². The molecule has 0 bridgehead atoms. The van der Waals surface area contributed by atoms with Gasteiger partial charge in [-0.1, -0.05) is 82.7 Å². The minimum atomic E-state index is -1.03. The van der Waals surface area contributed by atoms with E-state index in [1.807, 2.05) is 84.9 Å². The number of halogens is 1. The summed E-state index contributed by atoms with van der Waals surface area (Å²) in [5, 5.41) is 14.9. The van der Waals surface area contributed by atoms with Gasteiger partial charge in [0.1, 0.15) is 5.60 Å². The van der Waals surface area contributed by atoms with Crippen LogP contribution >= 0.6 is 15.9 Å². The first-order valence-electron chi connectivity index (χ1n) is 10.7. The number of nitrogens with zero attached hydrogens (tertiary/aromatic N) is 1. The molecule has 1 saturated heterocycles. The number of hydrogen-bond acceptors (Lipinski definition) is 3. The predicted octanol–water partition coefficient (Wildman–Crippen LogP) is 5.04. The van der Waals surface area contributed by atoms with Crippen molar-refractivity contribution < 1.29 is 9.90 Å². The number of anilines is 1. The quantitative estimate of drug-likeness (QED) is 0.521. The molecule has 0 atom stereocenters. The molecular weight excluding hydrogens is 452 g/mol. The second-order valence-corrected chi connectivity index (χ2v) is 9.02. The van der Waals surface area contributed by atoms with Crippen LogP contribution in [0.25, 0.3) is 0 Å². The van der Waals surface area contributed by atoms with Crippen LogP contribution in [0, 0.1) is 5.92 Å². The summed E-state index contributed by atoms with van der Waals surface area (Å²) in [5.74, 6) is 0.0691. The smallest absolute Gasteiger partial charge is 0.238 e. The summed E-state index contributed by atoms with van der Waals surface area (Å²) in [6.45, 7) is 1.91. The number of carbonyl (C=O) groups is 1. The van der Waals surface area contributed by atoms with Crippen LogP contribution in [0.3, 0.4) is 0 Å². The molecule has 5 heteroatoms. The second-order valence-electron chi connectivity index (χ2n) is 8.11. The van der Waals surface area contributed by atoms with Gasteiger partial charge in [-0.15, -0.1) is 0 Å². The Labute approximate surface area is 192 Å². The molecule has 0 radical (unpaired) electrons. The third kappa shape index (κ3) is 5.06. The van der Waals surface area contributed by atoms with Crippen molar-refractivity contribution in [2.45, 2.75) is 18.4 Å². The first-order chi connectivity index (χ1) is 15.1. The Kier molecular flexibility index (Phi) is 6.86. The standard InChI is InChI=1S/C26H27BrN2O2/c27-23-12-7-13-24(18-23)28-25(30)19-29-16-14-22(15-17-29)26(31,20-8-3-1-4-9-20)21-10-5-2-6-11-21/h1-13,18,22,31H,14-17,19H2,(H,28,30). The van der Waals surface area contributed by atoms with E-state index in [2.05, 4.69) is 26.1 Å². The van der Waals surface area contributed by atoms with Crippen LogP contribution in [0.2, 0.25) is 0 Å². The maximum absolute atomic E-state index is 12.5. The fraction of sp³-hybridized carbons (Fsp3) is 0.269. The average molecular weight is 479 g/mol. The SMILES string of the molecule is O=C(CN1CCC(C(O)(c2ccccc2)c2ccccc2)CC1)Nc1cccc(Br)c1. The summed E-state index contributed by atoms with van der Waals surface area (Å²) < 4.78 is 0.937. The van der Waals surface area contributed by atoms with Crippen LogP contribution in [0.15, 0.2) is 89.4 Å². The Bertz CT molecular complexity index is 963. The molecule has 160 valence electrons. The van der Waals surface area contributed by atoms with Gasteiger partial charge in [-0.25, -0.2) is 0 Å². The second kappa shape index (κ2) is 9.77. The molecule has 0 unspecified atom stereocenters. The average Bonchev–Trinajstić information content (AvgIpc) is 2.80. The van der Waals surface area contributed by atoms with Gasteiger partial charge in [0.15, 0.2) is 0 Å². The molecule has 0 spiro atoms. The third-order valence-electron chi connectivity index (χ3n) is 6.08. The Morgan fingerprint density at radius 3 is 2.06 bits per heavy atom. The Balaban J connectivity index is 1.43. The number of aliphatic hydroxyl groups is 1. The van der Waals surface area contributed by atoms with E-state index < -0.39 is 5.60 Å². The number of likely N-dealkylation sites (tertiary alicyclic amines) is 1. The zero-order chi connectivity index (χ0) is 21.7. The largest absolute Gasteiger partial charge is 0.380 e. The van der Waals surface area contributed by atoms with E-state index in [0.29, 0.717) is 6.54 Å². The highest BCUT2D eigenvalue weighted by atomic mass is 79.9. The first-order valence-corrected chi connectivity index (χ1v) is 11.5. The van der Waals surface area contributed by atoms with Gasteiger partial charge in [-0.3, -0.25) is 9.69 Å². The predicted molar refractivity (Wildman–Crippen MR) is 128 cm³/mol. The highest BCUT2D eigenvalue weighted by molar-refractivity contribution is 9.10. The van der Waals surface area contributed by atoms with Gasteiger partial charge >= 0.3 is 0 Å². The summed E-state index contributed by atoms with van der Waals surface area (Å²) in [6, 6.07) is 27.5. The molecular formula is C26H27BrN2O2. The Morgan fingerprint density at radius 1 is 0.935 bits per heavy atom. The lowest BCUT2D eigenvalue weighted by atomic mass is 9.72. The van der Waals surface area contributed by atoms with Crippen molar-refractivity contribution in [2.24, 2.45) is 5.92 Å². The van der Waals surface area contributed by atoms with Gasteiger partial charge in [-0.05, 0) is 61.2 Å². The van der Waals surface area contributed by atoms with Gasteiger partial charge in [0.25, 0.3) is 0 Å². The normalized spacial score (nSPS) is 15.5. The zero-order valence-corrected chi connectivity index (χ0v) is 19.0. The van der Waals surface area contributed by atoms with E-state index in [4.69, 9.17) is 0 Å². The lowest BCUT2D eigenvalue weighted by Crippen LogP contribution is -2.46. The van der Waals surface area contributed by atoms with E-state index in [-0.39, 0.29) is 11.8 Å². The molecule has 2 N–H and O–H groups in total. The van der Waals surface area contributed by atoms with Gasteiger partial charge in [0, 0.05) is 10.2 Å². The number of amides is 1. The fourth-order valence-corrected chi connectivity index (χ4v) is 4.90. The molecule has 4 rings (SSSR count). The van der Waals surface area contributed by atoms with Crippen LogP contribution in [0.4, 0.5) is 5.69 Å².